The first-order valence-electron chi connectivity index (χ1n) is 10.0. The molecule has 8 nitrogen and oxygen atoms in total. The van der Waals surface area contributed by atoms with Crippen LogP contribution in [0.25, 0.3) is 0 Å². The number of pyridine rings is 1. The van der Waals surface area contributed by atoms with Crippen molar-refractivity contribution in [2.75, 3.05) is 31.1 Å². The topological polar surface area (TPSA) is 97.8 Å². The molecule has 0 atom stereocenters. The maximum absolute atomic E-state index is 12.6. The number of benzene rings is 1. The Kier molecular flexibility index (Phi) is 6.19. The van der Waals surface area contributed by atoms with Crippen molar-refractivity contribution >= 4 is 21.6 Å². The quantitative estimate of drug-likeness (QED) is 0.751. The van der Waals surface area contributed by atoms with Gasteiger partial charge in [0.2, 0.25) is 10.0 Å². The smallest absolute Gasteiger partial charge is 0.260 e. The fourth-order valence-corrected chi connectivity index (χ4v) is 5.17. The van der Waals surface area contributed by atoms with Crippen LogP contribution in [0.3, 0.4) is 0 Å². The SMILES string of the molecule is O=C(COc1cccnc1)N1CCc2cc(NS(=O)(=O)C3CCOCC3)ccc2C1. The minimum absolute atomic E-state index is 0.0377. The zero-order valence-corrected chi connectivity index (χ0v) is 17.4. The Labute approximate surface area is 176 Å². The maximum atomic E-state index is 12.6. The van der Waals surface area contributed by atoms with Gasteiger partial charge in [-0.1, -0.05) is 6.07 Å². The van der Waals surface area contributed by atoms with Gasteiger partial charge in [-0.2, -0.15) is 0 Å². The van der Waals surface area contributed by atoms with Crippen LogP contribution in [0.2, 0.25) is 0 Å². The number of carbonyl (C=O) groups is 1. The Morgan fingerprint density at radius 3 is 2.83 bits per heavy atom. The standard InChI is InChI=1S/C21H25N3O5S/c25-21(15-29-19-2-1-8-22-13-19)24-9-5-16-12-18(4-3-17(16)14-24)23-30(26,27)20-6-10-28-11-7-20/h1-4,8,12-13,20,23H,5-7,9-11,14-15H2. The fourth-order valence-electron chi connectivity index (χ4n) is 3.73. The number of anilines is 1. The normalized spacial score (nSPS) is 17.3. The molecule has 3 heterocycles. The van der Waals surface area contributed by atoms with E-state index in [2.05, 4.69) is 9.71 Å². The fraction of sp³-hybridized carbons (Fsp3) is 0.429. The summed E-state index contributed by atoms with van der Waals surface area (Å²) in [5.74, 6) is 0.471. The Hall–Kier alpha value is -2.65. The number of ether oxygens (including phenoxy) is 2. The number of amides is 1. The summed E-state index contributed by atoms with van der Waals surface area (Å²) in [5, 5.41) is -0.421. The molecule has 0 radical (unpaired) electrons. The molecule has 1 aromatic carbocycles. The molecule has 2 aliphatic heterocycles. The predicted octanol–water partition coefficient (Wildman–Crippen LogP) is 1.97. The van der Waals surface area contributed by atoms with Gasteiger partial charge in [0.15, 0.2) is 6.61 Å². The minimum atomic E-state index is -3.44. The van der Waals surface area contributed by atoms with Gasteiger partial charge in [-0.25, -0.2) is 8.42 Å². The van der Waals surface area contributed by atoms with Gasteiger partial charge >= 0.3 is 0 Å². The second-order valence-corrected chi connectivity index (χ2v) is 9.45. The first-order valence-corrected chi connectivity index (χ1v) is 11.6. The molecule has 0 spiro atoms. The molecule has 0 unspecified atom stereocenters. The molecule has 30 heavy (non-hydrogen) atoms. The number of nitrogens with one attached hydrogen (secondary N) is 1. The summed E-state index contributed by atoms with van der Waals surface area (Å²) in [4.78, 5) is 18.2. The highest BCUT2D eigenvalue weighted by Crippen LogP contribution is 2.25. The molecular formula is C21H25N3O5S. The maximum Gasteiger partial charge on any atom is 0.260 e. The number of hydrogen-bond donors (Lipinski definition) is 1. The van der Waals surface area contributed by atoms with Crippen molar-refractivity contribution in [3.05, 3.63) is 53.9 Å². The summed E-state index contributed by atoms with van der Waals surface area (Å²) in [7, 11) is -3.44. The molecule has 2 aromatic rings. The van der Waals surface area contributed by atoms with Crippen LogP contribution < -0.4 is 9.46 Å². The van der Waals surface area contributed by atoms with Crippen molar-refractivity contribution in [2.45, 2.75) is 31.1 Å². The largest absolute Gasteiger partial charge is 0.482 e. The van der Waals surface area contributed by atoms with Crippen LogP contribution in [0, 0.1) is 0 Å². The molecule has 0 bridgehead atoms. The highest BCUT2D eigenvalue weighted by molar-refractivity contribution is 7.93. The summed E-state index contributed by atoms with van der Waals surface area (Å²) >= 11 is 0. The zero-order valence-electron chi connectivity index (χ0n) is 16.6. The third kappa shape index (κ3) is 4.91. The van der Waals surface area contributed by atoms with E-state index in [1.165, 1.54) is 0 Å². The predicted molar refractivity (Wildman–Crippen MR) is 112 cm³/mol. The van der Waals surface area contributed by atoms with Crippen molar-refractivity contribution in [3.63, 3.8) is 0 Å². The molecule has 4 rings (SSSR count). The van der Waals surface area contributed by atoms with E-state index < -0.39 is 15.3 Å². The molecule has 1 N–H and O–H groups in total. The second-order valence-electron chi connectivity index (χ2n) is 7.48. The van der Waals surface area contributed by atoms with Crippen LogP contribution in [0.4, 0.5) is 5.69 Å². The number of nitrogens with zero attached hydrogens (tertiary/aromatic N) is 2. The lowest BCUT2D eigenvalue weighted by molar-refractivity contribution is -0.134. The number of sulfonamides is 1. The lowest BCUT2D eigenvalue weighted by Gasteiger charge is -2.29. The van der Waals surface area contributed by atoms with E-state index in [1.54, 1.807) is 35.5 Å². The Morgan fingerprint density at radius 1 is 1.23 bits per heavy atom. The summed E-state index contributed by atoms with van der Waals surface area (Å²) in [6.07, 6.45) is 4.91. The zero-order chi connectivity index (χ0) is 21.0. The van der Waals surface area contributed by atoms with Gasteiger partial charge in [-0.05, 0) is 54.7 Å². The summed E-state index contributed by atoms with van der Waals surface area (Å²) in [5.41, 5.74) is 2.64. The molecule has 0 aliphatic carbocycles. The number of hydrogen-bond acceptors (Lipinski definition) is 6. The van der Waals surface area contributed by atoms with E-state index in [9.17, 15) is 13.2 Å². The molecular weight excluding hydrogens is 406 g/mol. The van der Waals surface area contributed by atoms with E-state index in [0.717, 1.165) is 11.1 Å². The first-order chi connectivity index (χ1) is 14.5. The first kappa shape index (κ1) is 20.6. The lowest BCUT2D eigenvalue weighted by atomic mass is 9.99. The monoisotopic (exact) mass is 431 g/mol. The van der Waals surface area contributed by atoms with E-state index in [-0.39, 0.29) is 12.5 Å². The van der Waals surface area contributed by atoms with Crippen LogP contribution >= 0.6 is 0 Å². The summed E-state index contributed by atoms with van der Waals surface area (Å²) in [6.45, 7) is 1.97. The average Bonchev–Trinajstić information content (AvgIpc) is 2.78. The van der Waals surface area contributed by atoms with E-state index in [0.29, 0.717) is 57.0 Å². The Bertz CT molecular complexity index is 991. The Morgan fingerprint density at radius 2 is 2.07 bits per heavy atom. The highest BCUT2D eigenvalue weighted by atomic mass is 32.2. The lowest BCUT2D eigenvalue weighted by Crippen LogP contribution is -2.39. The summed E-state index contributed by atoms with van der Waals surface area (Å²) < 4.78 is 38.7. The van der Waals surface area contributed by atoms with E-state index in [4.69, 9.17) is 9.47 Å². The van der Waals surface area contributed by atoms with Gasteiger partial charge < -0.3 is 14.4 Å². The van der Waals surface area contributed by atoms with Gasteiger partial charge in [-0.15, -0.1) is 0 Å². The van der Waals surface area contributed by atoms with Gasteiger partial charge in [0.05, 0.1) is 11.4 Å². The van der Waals surface area contributed by atoms with Crippen LogP contribution in [-0.2, 0) is 32.5 Å². The van der Waals surface area contributed by atoms with Crippen molar-refractivity contribution in [1.29, 1.82) is 0 Å². The van der Waals surface area contributed by atoms with E-state index in [1.807, 2.05) is 12.1 Å². The van der Waals surface area contributed by atoms with Gasteiger partial charge in [0.25, 0.3) is 5.91 Å². The minimum Gasteiger partial charge on any atom is -0.482 e. The number of aromatic nitrogens is 1. The third-order valence-electron chi connectivity index (χ3n) is 5.44. The average molecular weight is 432 g/mol. The van der Waals surface area contributed by atoms with Gasteiger partial charge in [0.1, 0.15) is 5.75 Å². The molecule has 1 fully saturated rings. The number of carbonyl (C=O) groups excluding carboxylic acids is 1. The molecule has 1 saturated heterocycles. The van der Waals surface area contributed by atoms with Crippen LogP contribution in [-0.4, -0.2) is 55.8 Å². The van der Waals surface area contributed by atoms with Gasteiger partial charge in [0, 0.05) is 38.2 Å². The van der Waals surface area contributed by atoms with Crippen molar-refractivity contribution in [3.8, 4) is 5.75 Å². The number of fused-ring (bicyclic) bond motifs is 1. The highest BCUT2D eigenvalue weighted by Gasteiger charge is 2.28. The number of rotatable bonds is 6. The molecule has 2 aliphatic rings. The van der Waals surface area contributed by atoms with Crippen LogP contribution in [0.1, 0.15) is 24.0 Å². The van der Waals surface area contributed by atoms with Crippen molar-refractivity contribution in [2.24, 2.45) is 0 Å². The summed E-state index contributed by atoms with van der Waals surface area (Å²) in [6, 6.07) is 9.04. The van der Waals surface area contributed by atoms with Crippen LogP contribution in [0.5, 0.6) is 5.75 Å². The molecule has 1 amide bonds. The van der Waals surface area contributed by atoms with Crippen LogP contribution in [0.15, 0.2) is 42.7 Å². The van der Waals surface area contributed by atoms with E-state index >= 15 is 0 Å². The van der Waals surface area contributed by atoms with Gasteiger partial charge in [-0.3, -0.25) is 14.5 Å². The molecule has 0 saturated carbocycles. The molecule has 9 heteroatoms. The second kappa shape index (κ2) is 9.01. The van der Waals surface area contributed by atoms with Crippen molar-refractivity contribution < 1.29 is 22.7 Å². The Balaban J connectivity index is 1.36. The molecule has 1 aromatic heterocycles. The molecule has 160 valence electrons. The third-order valence-corrected chi connectivity index (χ3v) is 7.30. The van der Waals surface area contributed by atoms with Crippen molar-refractivity contribution in [1.82, 2.24) is 9.88 Å².